The molecule has 2 aromatic rings. The van der Waals surface area contributed by atoms with Gasteiger partial charge in [-0.3, -0.25) is 0 Å². The van der Waals surface area contributed by atoms with Crippen LogP contribution in [0.25, 0.3) is 9.88 Å². The summed E-state index contributed by atoms with van der Waals surface area (Å²) in [5.74, 6) is -0.344. The topological polar surface area (TPSA) is 39.2 Å². The van der Waals surface area contributed by atoms with Gasteiger partial charge in [0, 0.05) is 4.88 Å². The molecule has 0 aliphatic carbocycles. The largest absolute Gasteiger partial charge is 0.461 e. The number of hydrogen-bond donors (Lipinski definition) is 0. The van der Waals surface area contributed by atoms with Gasteiger partial charge < -0.3 is 4.74 Å². The van der Waals surface area contributed by atoms with E-state index in [1.807, 2.05) is 19.1 Å². The fourth-order valence-corrected chi connectivity index (χ4v) is 3.66. The second-order valence-electron chi connectivity index (χ2n) is 3.25. The number of nitrogens with zero attached hydrogens (tertiary/aromatic N) is 1. The number of thiazole rings is 1. The van der Waals surface area contributed by atoms with Crippen molar-refractivity contribution in [1.82, 2.24) is 4.98 Å². The molecule has 0 N–H and O–H groups in total. The molecule has 0 amide bonds. The Kier molecular flexibility index (Phi) is 3.96. The number of carbonyl (C=O) groups is 1. The summed E-state index contributed by atoms with van der Waals surface area (Å²) in [5, 5.41) is 0.862. The number of thiophene rings is 1. The predicted molar refractivity (Wildman–Crippen MR) is 73.8 cm³/mol. The number of aromatic nitrogens is 1. The number of halogens is 1. The van der Waals surface area contributed by atoms with Crippen molar-refractivity contribution >= 4 is 44.6 Å². The summed E-state index contributed by atoms with van der Waals surface area (Å²) < 4.78 is 6.02. The Hall–Kier alpha value is -0.720. The fraction of sp³-hybridized carbons (Fsp3) is 0.273. The summed E-state index contributed by atoms with van der Waals surface area (Å²) in [5.41, 5.74) is 0.427. The summed E-state index contributed by atoms with van der Waals surface area (Å²) in [6.07, 6.45) is 0. The lowest BCUT2D eigenvalue weighted by Gasteiger charge is -1.97. The number of aryl methyl sites for hydroxylation is 1. The van der Waals surface area contributed by atoms with Gasteiger partial charge in [-0.1, -0.05) is 0 Å². The highest BCUT2D eigenvalue weighted by Crippen LogP contribution is 2.35. The highest BCUT2D eigenvalue weighted by atomic mass is 79.9. The first-order valence-electron chi connectivity index (χ1n) is 5.02. The van der Waals surface area contributed by atoms with Crippen molar-refractivity contribution in [3.05, 3.63) is 26.5 Å². The maximum atomic E-state index is 11.6. The van der Waals surface area contributed by atoms with Gasteiger partial charge >= 0.3 is 5.97 Å². The van der Waals surface area contributed by atoms with E-state index in [2.05, 4.69) is 20.9 Å². The predicted octanol–water partition coefficient (Wildman–Crippen LogP) is 4.12. The lowest BCUT2D eigenvalue weighted by Crippen LogP contribution is -2.06. The van der Waals surface area contributed by atoms with E-state index in [0.717, 1.165) is 18.5 Å². The maximum absolute atomic E-state index is 11.6. The molecule has 0 atom stereocenters. The first-order chi connectivity index (χ1) is 8.11. The van der Waals surface area contributed by atoms with E-state index in [0.29, 0.717) is 12.3 Å². The third-order valence-electron chi connectivity index (χ3n) is 2.05. The van der Waals surface area contributed by atoms with Gasteiger partial charge in [-0.25, -0.2) is 9.78 Å². The molecule has 0 aromatic carbocycles. The van der Waals surface area contributed by atoms with E-state index in [1.165, 1.54) is 11.3 Å². The Morgan fingerprint density at radius 3 is 2.82 bits per heavy atom. The first kappa shape index (κ1) is 12.7. The standard InChI is InChI=1S/C11H10BrNO2S2/c1-3-15-11(14)9-6(2)16-10(13-9)7-4-5-8(12)17-7/h4-5H,3H2,1-2H3. The van der Waals surface area contributed by atoms with E-state index < -0.39 is 0 Å². The summed E-state index contributed by atoms with van der Waals surface area (Å²) >= 11 is 6.53. The highest BCUT2D eigenvalue weighted by Gasteiger charge is 2.17. The molecule has 0 aliphatic rings. The molecule has 0 unspecified atom stereocenters. The number of rotatable bonds is 3. The molecule has 0 spiro atoms. The summed E-state index contributed by atoms with van der Waals surface area (Å²) in [4.78, 5) is 17.9. The molecule has 90 valence electrons. The number of esters is 1. The van der Waals surface area contributed by atoms with Crippen LogP contribution in [0.4, 0.5) is 0 Å². The van der Waals surface area contributed by atoms with Crippen LogP contribution in [0.15, 0.2) is 15.9 Å². The Morgan fingerprint density at radius 2 is 2.24 bits per heavy atom. The van der Waals surface area contributed by atoms with Crippen molar-refractivity contribution in [2.24, 2.45) is 0 Å². The highest BCUT2D eigenvalue weighted by molar-refractivity contribution is 9.11. The second-order valence-corrected chi connectivity index (χ2v) is 6.91. The molecule has 0 radical (unpaired) electrons. The molecule has 2 aromatic heterocycles. The van der Waals surface area contributed by atoms with Crippen LogP contribution in [-0.4, -0.2) is 17.6 Å². The van der Waals surface area contributed by atoms with E-state index >= 15 is 0 Å². The minimum Gasteiger partial charge on any atom is -0.461 e. The molecule has 2 rings (SSSR count). The average molecular weight is 332 g/mol. The van der Waals surface area contributed by atoms with E-state index in [-0.39, 0.29) is 5.97 Å². The third kappa shape index (κ3) is 2.75. The lowest BCUT2D eigenvalue weighted by molar-refractivity contribution is 0.0519. The number of hydrogen-bond acceptors (Lipinski definition) is 5. The van der Waals surface area contributed by atoms with Gasteiger partial charge in [0.1, 0.15) is 5.01 Å². The second kappa shape index (κ2) is 5.29. The van der Waals surface area contributed by atoms with Crippen LogP contribution in [-0.2, 0) is 4.74 Å². The molecule has 3 nitrogen and oxygen atoms in total. The van der Waals surface area contributed by atoms with Crippen molar-refractivity contribution in [3.63, 3.8) is 0 Å². The van der Waals surface area contributed by atoms with Gasteiger partial charge in [0.15, 0.2) is 5.69 Å². The van der Waals surface area contributed by atoms with Gasteiger partial charge in [0.25, 0.3) is 0 Å². The zero-order chi connectivity index (χ0) is 12.4. The van der Waals surface area contributed by atoms with Crippen LogP contribution in [0.2, 0.25) is 0 Å². The molecular weight excluding hydrogens is 322 g/mol. The minimum absolute atomic E-state index is 0.344. The zero-order valence-electron chi connectivity index (χ0n) is 9.32. The lowest BCUT2D eigenvalue weighted by atomic mass is 10.4. The van der Waals surface area contributed by atoms with Crippen LogP contribution >= 0.6 is 38.6 Å². The number of carbonyl (C=O) groups excluding carboxylic acids is 1. The van der Waals surface area contributed by atoms with Crippen LogP contribution in [0, 0.1) is 6.92 Å². The van der Waals surface area contributed by atoms with Gasteiger partial charge in [-0.2, -0.15) is 0 Å². The Balaban J connectivity index is 2.33. The molecule has 0 fully saturated rings. The van der Waals surface area contributed by atoms with Crippen molar-refractivity contribution in [3.8, 4) is 9.88 Å². The first-order valence-corrected chi connectivity index (χ1v) is 7.44. The molecular formula is C11H10BrNO2S2. The van der Waals surface area contributed by atoms with Crippen molar-refractivity contribution in [1.29, 1.82) is 0 Å². The van der Waals surface area contributed by atoms with Crippen molar-refractivity contribution < 1.29 is 9.53 Å². The van der Waals surface area contributed by atoms with Crippen LogP contribution in [0.3, 0.4) is 0 Å². The van der Waals surface area contributed by atoms with E-state index in [9.17, 15) is 4.79 Å². The minimum atomic E-state index is -0.344. The van der Waals surface area contributed by atoms with E-state index in [4.69, 9.17) is 4.74 Å². The Morgan fingerprint density at radius 1 is 1.47 bits per heavy atom. The average Bonchev–Trinajstić information content (AvgIpc) is 2.85. The molecule has 0 saturated heterocycles. The van der Waals surface area contributed by atoms with Crippen molar-refractivity contribution in [2.75, 3.05) is 6.61 Å². The van der Waals surface area contributed by atoms with Crippen molar-refractivity contribution in [2.45, 2.75) is 13.8 Å². The number of ether oxygens (including phenoxy) is 1. The van der Waals surface area contributed by atoms with Gasteiger partial charge in [0.05, 0.1) is 15.3 Å². The molecule has 0 aliphatic heterocycles. The Bertz CT molecular complexity index is 547. The van der Waals surface area contributed by atoms with Gasteiger partial charge in [-0.15, -0.1) is 22.7 Å². The van der Waals surface area contributed by atoms with Crippen LogP contribution in [0.1, 0.15) is 22.3 Å². The summed E-state index contributed by atoms with van der Waals surface area (Å²) in [7, 11) is 0. The fourth-order valence-electron chi connectivity index (χ4n) is 1.32. The van der Waals surface area contributed by atoms with Crippen LogP contribution in [0.5, 0.6) is 0 Å². The molecule has 6 heteroatoms. The Labute approximate surface area is 116 Å². The molecule has 0 bridgehead atoms. The third-order valence-corrected chi connectivity index (χ3v) is 4.81. The SMILES string of the molecule is CCOC(=O)c1nc(-c2ccc(Br)s2)sc1C. The smallest absolute Gasteiger partial charge is 0.358 e. The van der Waals surface area contributed by atoms with Gasteiger partial charge in [0.2, 0.25) is 0 Å². The quantitative estimate of drug-likeness (QED) is 0.794. The monoisotopic (exact) mass is 331 g/mol. The maximum Gasteiger partial charge on any atom is 0.358 e. The summed E-state index contributed by atoms with van der Waals surface area (Å²) in [6, 6.07) is 3.96. The molecule has 17 heavy (non-hydrogen) atoms. The van der Waals surface area contributed by atoms with Gasteiger partial charge in [-0.05, 0) is 41.9 Å². The molecule has 0 saturated carbocycles. The van der Waals surface area contributed by atoms with Crippen LogP contribution < -0.4 is 0 Å². The zero-order valence-corrected chi connectivity index (χ0v) is 12.5. The molecule has 2 heterocycles. The normalized spacial score (nSPS) is 10.5. The van der Waals surface area contributed by atoms with E-state index in [1.54, 1.807) is 18.3 Å². The summed E-state index contributed by atoms with van der Waals surface area (Å²) in [6.45, 7) is 4.04.